The van der Waals surface area contributed by atoms with E-state index >= 15 is 0 Å². The Balaban J connectivity index is 1.56. The first-order chi connectivity index (χ1) is 12.8. The largest absolute Gasteiger partial charge is 0.496 e. The van der Waals surface area contributed by atoms with E-state index < -0.39 is 6.10 Å². The molecule has 6 heteroatoms. The summed E-state index contributed by atoms with van der Waals surface area (Å²) in [6.45, 7) is 0. The normalized spacial score (nSPS) is 15.5. The predicted molar refractivity (Wildman–Crippen MR) is 105 cm³/mol. The van der Waals surface area contributed by atoms with E-state index in [1.807, 2.05) is 41.2 Å². The zero-order valence-corrected chi connectivity index (χ0v) is 15.9. The number of aliphatic hydroxyl groups is 1. The number of hydrogen-bond donors (Lipinski definition) is 1. The molecule has 1 aliphatic rings. The standard InChI is InChI=1S/C20H18N2O2S2/c1-24-14-5-3-2-4-13(14)15-8-9-16(25-15)19(23)18-20(12-6-7-12)26-17-10-21-11-22(17)18/h2-5,8-12,19,23H,6-7H2,1H3. The Morgan fingerprint density at radius 2 is 2.04 bits per heavy atom. The Hall–Kier alpha value is -2.15. The lowest BCUT2D eigenvalue weighted by Gasteiger charge is -2.11. The van der Waals surface area contributed by atoms with Crippen LogP contribution in [-0.2, 0) is 0 Å². The number of nitrogens with zero attached hydrogens (tertiary/aromatic N) is 2. The Morgan fingerprint density at radius 3 is 2.85 bits per heavy atom. The number of imidazole rings is 1. The summed E-state index contributed by atoms with van der Waals surface area (Å²) in [6, 6.07) is 12.1. The van der Waals surface area contributed by atoms with Gasteiger partial charge in [-0.3, -0.25) is 4.40 Å². The molecule has 1 atom stereocenters. The lowest BCUT2D eigenvalue weighted by Crippen LogP contribution is -2.03. The van der Waals surface area contributed by atoms with Gasteiger partial charge in [0.05, 0.1) is 19.0 Å². The van der Waals surface area contributed by atoms with Crippen LogP contribution >= 0.6 is 22.7 Å². The van der Waals surface area contributed by atoms with E-state index in [1.54, 1.807) is 29.8 Å². The highest BCUT2D eigenvalue weighted by molar-refractivity contribution is 7.17. The summed E-state index contributed by atoms with van der Waals surface area (Å²) in [5.41, 5.74) is 2.04. The third kappa shape index (κ3) is 2.57. The maximum absolute atomic E-state index is 11.2. The molecule has 0 spiro atoms. The summed E-state index contributed by atoms with van der Waals surface area (Å²) in [7, 11) is 1.69. The number of methoxy groups -OCH3 is 1. The van der Waals surface area contributed by atoms with Crippen LogP contribution in [0.5, 0.6) is 5.75 Å². The fourth-order valence-corrected chi connectivity index (χ4v) is 5.68. The zero-order valence-electron chi connectivity index (χ0n) is 14.3. The van der Waals surface area contributed by atoms with Gasteiger partial charge in [0.1, 0.15) is 23.0 Å². The smallest absolute Gasteiger partial charge is 0.130 e. The Kier molecular flexibility index (Phi) is 3.85. The molecule has 0 aliphatic heterocycles. The second-order valence-electron chi connectivity index (χ2n) is 6.53. The number of ether oxygens (including phenoxy) is 1. The summed E-state index contributed by atoms with van der Waals surface area (Å²) in [4.78, 5) is 8.69. The number of aliphatic hydroxyl groups excluding tert-OH is 1. The topological polar surface area (TPSA) is 46.8 Å². The van der Waals surface area contributed by atoms with Gasteiger partial charge in [-0.05, 0) is 43.0 Å². The van der Waals surface area contributed by atoms with Crippen LogP contribution in [0.4, 0.5) is 0 Å². The van der Waals surface area contributed by atoms with Gasteiger partial charge >= 0.3 is 0 Å². The minimum atomic E-state index is -0.637. The van der Waals surface area contributed by atoms with E-state index in [9.17, 15) is 5.11 Å². The molecule has 1 N–H and O–H groups in total. The molecule has 1 unspecified atom stereocenters. The highest BCUT2D eigenvalue weighted by atomic mass is 32.1. The highest BCUT2D eigenvalue weighted by Gasteiger charge is 2.33. The SMILES string of the molecule is COc1ccccc1-c1ccc(C(O)c2c(C3CC3)sc3cncn23)s1. The molecule has 1 aliphatic carbocycles. The number of aromatic nitrogens is 2. The van der Waals surface area contributed by atoms with E-state index in [0.717, 1.165) is 31.6 Å². The average Bonchev–Trinajstić information content (AvgIpc) is 3.09. The molecule has 4 aromatic rings. The molecule has 4 nitrogen and oxygen atoms in total. The van der Waals surface area contributed by atoms with Crippen LogP contribution < -0.4 is 4.74 Å². The van der Waals surface area contributed by atoms with Crippen molar-refractivity contribution in [3.63, 3.8) is 0 Å². The molecule has 1 saturated carbocycles. The Bertz CT molecular complexity index is 1070. The van der Waals surface area contributed by atoms with Crippen molar-refractivity contribution in [2.45, 2.75) is 24.9 Å². The molecule has 0 bridgehead atoms. The van der Waals surface area contributed by atoms with Gasteiger partial charge in [0.25, 0.3) is 0 Å². The van der Waals surface area contributed by atoms with Crippen LogP contribution in [-0.4, -0.2) is 21.6 Å². The summed E-state index contributed by atoms with van der Waals surface area (Å²) in [5, 5.41) is 11.2. The highest BCUT2D eigenvalue weighted by Crippen LogP contribution is 2.48. The van der Waals surface area contributed by atoms with Crippen LogP contribution in [0.2, 0.25) is 0 Å². The van der Waals surface area contributed by atoms with Gasteiger partial charge in [0, 0.05) is 20.2 Å². The van der Waals surface area contributed by atoms with Crippen molar-refractivity contribution in [3.8, 4) is 16.2 Å². The molecular formula is C20H18N2O2S2. The fourth-order valence-electron chi connectivity index (χ4n) is 3.35. The number of hydrogen-bond acceptors (Lipinski definition) is 5. The number of para-hydroxylation sites is 1. The van der Waals surface area contributed by atoms with Crippen molar-refractivity contribution in [2.24, 2.45) is 0 Å². The van der Waals surface area contributed by atoms with Crippen molar-refractivity contribution in [3.05, 3.63) is 64.4 Å². The van der Waals surface area contributed by atoms with Gasteiger partial charge in [-0.15, -0.1) is 22.7 Å². The lowest BCUT2D eigenvalue weighted by atomic mass is 10.1. The first-order valence-electron chi connectivity index (χ1n) is 8.62. The molecule has 3 aromatic heterocycles. The van der Waals surface area contributed by atoms with Crippen LogP contribution in [0.1, 0.15) is 40.3 Å². The van der Waals surface area contributed by atoms with Crippen molar-refractivity contribution in [1.29, 1.82) is 0 Å². The average molecular weight is 383 g/mol. The van der Waals surface area contributed by atoms with E-state index in [2.05, 4.69) is 17.1 Å². The van der Waals surface area contributed by atoms with Crippen molar-refractivity contribution in [2.75, 3.05) is 7.11 Å². The third-order valence-electron chi connectivity index (χ3n) is 4.81. The first-order valence-corrected chi connectivity index (χ1v) is 10.3. The van der Waals surface area contributed by atoms with Crippen LogP contribution in [0, 0.1) is 0 Å². The second kappa shape index (κ2) is 6.23. The molecule has 0 amide bonds. The van der Waals surface area contributed by atoms with Crippen LogP contribution in [0.15, 0.2) is 48.9 Å². The Labute approximate surface area is 159 Å². The lowest BCUT2D eigenvalue weighted by molar-refractivity contribution is 0.217. The first kappa shape index (κ1) is 16.1. The summed E-state index contributed by atoms with van der Waals surface area (Å²) in [6.07, 6.45) is 5.48. The number of benzene rings is 1. The van der Waals surface area contributed by atoms with Gasteiger partial charge in [-0.25, -0.2) is 4.98 Å². The molecule has 1 fully saturated rings. The van der Waals surface area contributed by atoms with Crippen molar-refractivity contribution in [1.82, 2.24) is 9.38 Å². The van der Waals surface area contributed by atoms with E-state index in [1.165, 1.54) is 17.7 Å². The van der Waals surface area contributed by atoms with Gasteiger partial charge in [0.15, 0.2) is 0 Å². The second-order valence-corrected chi connectivity index (χ2v) is 8.71. The minimum Gasteiger partial charge on any atom is -0.496 e. The number of thiazole rings is 1. The van der Waals surface area contributed by atoms with Gasteiger partial charge in [-0.2, -0.15) is 0 Å². The predicted octanol–water partition coefficient (Wildman–Crippen LogP) is 5.09. The molecule has 3 heterocycles. The fraction of sp³-hybridized carbons (Fsp3) is 0.250. The monoisotopic (exact) mass is 382 g/mol. The Morgan fingerprint density at radius 1 is 1.19 bits per heavy atom. The quantitative estimate of drug-likeness (QED) is 0.523. The number of rotatable bonds is 5. The van der Waals surface area contributed by atoms with E-state index in [0.29, 0.717) is 5.92 Å². The van der Waals surface area contributed by atoms with Gasteiger partial charge < -0.3 is 9.84 Å². The van der Waals surface area contributed by atoms with E-state index in [4.69, 9.17) is 4.74 Å². The molecule has 0 radical (unpaired) electrons. The molecule has 132 valence electrons. The van der Waals surface area contributed by atoms with E-state index in [-0.39, 0.29) is 0 Å². The van der Waals surface area contributed by atoms with Gasteiger partial charge in [-0.1, -0.05) is 12.1 Å². The van der Waals surface area contributed by atoms with Crippen LogP contribution in [0.3, 0.4) is 0 Å². The molecule has 26 heavy (non-hydrogen) atoms. The van der Waals surface area contributed by atoms with Gasteiger partial charge in [0.2, 0.25) is 0 Å². The van der Waals surface area contributed by atoms with Crippen molar-refractivity contribution < 1.29 is 9.84 Å². The molecular weight excluding hydrogens is 364 g/mol. The summed E-state index contributed by atoms with van der Waals surface area (Å²) >= 11 is 3.37. The third-order valence-corrected chi connectivity index (χ3v) is 7.25. The van der Waals surface area contributed by atoms with Crippen LogP contribution in [0.25, 0.3) is 15.3 Å². The minimum absolute atomic E-state index is 0.596. The molecule has 1 aromatic carbocycles. The maximum atomic E-state index is 11.2. The summed E-state index contributed by atoms with van der Waals surface area (Å²) < 4.78 is 7.53. The summed E-state index contributed by atoms with van der Waals surface area (Å²) in [5.74, 6) is 1.44. The molecule has 0 saturated heterocycles. The maximum Gasteiger partial charge on any atom is 0.130 e. The number of thiophene rings is 1. The zero-order chi connectivity index (χ0) is 17.7. The van der Waals surface area contributed by atoms with Crippen molar-refractivity contribution >= 4 is 27.5 Å². The molecule has 5 rings (SSSR count). The number of fused-ring (bicyclic) bond motifs is 1.